The third-order valence-electron chi connectivity index (χ3n) is 4.48. The molecule has 1 N–H and O–H groups in total. The lowest BCUT2D eigenvalue weighted by molar-refractivity contribution is -0.119. The summed E-state index contributed by atoms with van der Waals surface area (Å²) in [6.45, 7) is 3.98. The summed E-state index contributed by atoms with van der Waals surface area (Å²) in [5, 5.41) is 18.5. The van der Waals surface area contributed by atoms with Crippen molar-refractivity contribution in [1.29, 1.82) is 10.7 Å². The molecule has 2 unspecified atom stereocenters. The number of benzene rings is 1. The summed E-state index contributed by atoms with van der Waals surface area (Å²) in [7, 11) is 0. The lowest BCUT2D eigenvalue weighted by Gasteiger charge is -2.39. The van der Waals surface area contributed by atoms with Crippen LogP contribution in [0.1, 0.15) is 38.2 Å². The Kier molecular flexibility index (Phi) is 4.19. The summed E-state index contributed by atoms with van der Waals surface area (Å²) in [6.07, 6.45) is 0.929. The van der Waals surface area contributed by atoms with E-state index in [2.05, 4.69) is 6.07 Å². The van der Waals surface area contributed by atoms with E-state index in [-0.39, 0.29) is 17.1 Å². The molecule has 0 saturated heterocycles. The van der Waals surface area contributed by atoms with Crippen molar-refractivity contribution in [2.75, 3.05) is 0 Å². The molecule has 2 atom stereocenters. The number of nitriles is 1. The van der Waals surface area contributed by atoms with Gasteiger partial charge in [0.15, 0.2) is 5.78 Å². The normalized spacial score (nSPS) is 25.8. The Morgan fingerprint density at radius 2 is 2.04 bits per heavy atom. The van der Waals surface area contributed by atoms with Gasteiger partial charge >= 0.3 is 0 Å². The van der Waals surface area contributed by atoms with Crippen molar-refractivity contribution in [1.82, 2.24) is 0 Å². The number of nitrogens with one attached hydrogen (secondary N) is 1. The fraction of sp³-hybridized carbons (Fsp3) is 0.389. The van der Waals surface area contributed by atoms with Gasteiger partial charge in [0.1, 0.15) is 11.7 Å². The molecule has 0 aromatic heterocycles. The highest BCUT2D eigenvalue weighted by Gasteiger charge is 2.46. The summed E-state index contributed by atoms with van der Waals surface area (Å²) in [4.78, 5) is 12.8. The molecule has 124 valence electrons. The molecular formula is C18H16Cl2N2O2. The van der Waals surface area contributed by atoms with Crippen LogP contribution in [0.2, 0.25) is 10.0 Å². The van der Waals surface area contributed by atoms with Crippen LogP contribution in [0.3, 0.4) is 0 Å². The maximum absolute atomic E-state index is 12.8. The number of rotatable bonds is 1. The predicted octanol–water partition coefficient (Wildman–Crippen LogP) is 4.87. The number of allylic oxidation sites excluding steroid dienone is 2. The van der Waals surface area contributed by atoms with Gasteiger partial charge in [-0.2, -0.15) is 5.26 Å². The van der Waals surface area contributed by atoms with Gasteiger partial charge in [-0.3, -0.25) is 10.2 Å². The molecule has 1 aromatic rings. The third-order valence-corrected chi connectivity index (χ3v) is 5.04. The molecule has 2 aliphatic rings. The predicted molar refractivity (Wildman–Crippen MR) is 92.2 cm³/mol. The maximum atomic E-state index is 12.8. The van der Waals surface area contributed by atoms with Crippen molar-refractivity contribution in [2.45, 2.75) is 32.6 Å². The number of hydrogen-bond acceptors (Lipinski definition) is 4. The third kappa shape index (κ3) is 2.83. The van der Waals surface area contributed by atoms with Gasteiger partial charge < -0.3 is 4.74 Å². The quantitative estimate of drug-likeness (QED) is 0.774. The van der Waals surface area contributed by atoms with Gasteiger partial charge in [0, 0.05) is 34.4 Å². The largest absolute Gasteiger partial charge is 0.446 e. The fourth-order valence-electron chi connectivity index (χ4n) is 3.45. The van der Waals surface area contributed by atoms with Crippen LogP contribution in [0.5, 0.6) is 0 Å². The molecular weight excluding hydrogens is 347 g/mol. The number of carbonyl (C=O) groups is 1. The van der Waals surface area contributed by atoms with Crippen LogP contribution in [0.4, 0.5) is 0 Å². The first-order chi connectivity index (χ1) is 11.2. The number of halogens is 2. The van der Waals surface area contributed by atoms with Crippen LogP contribution in [0.15, 0.2) is 29.5 Å². The van der Waals surface area contributed by atoms with Crippen molar-refractivity contribution >= 4 is 34.9 Å². The zero-order valence-electron chi connectivity index (χ0n) is 13.3. The lowest BCUT2D eigenvalue weighted by atomic mass is 9.68. The van der Waals surface area contributed by atoms with Crippen molar-refractivity contribution in [3.05, 3.63) is 45.1 Å². The maximum Gasteiger partial charge on any atom is 0.205 e. The second-order valence-corrected chi connectivity index (χ2v) is 7.84. The molecule has 0 spiro atoms. The Morgan fingerprint density at radius 1 is 1.33 bits per heavy atom. The second-order valence-electron chi connectivity index (χ2n) is 6.99. The van der Waals surface area contributed by atoms with E-state index < -0.39 is 11.8 Å². The van der Waals surface area contributed by atoms with E-state index >= 15 is 0 Å². The van der Waals surface area contributed by atoms with Crippen molar-refractivity contribution in [2.24, 2.45) is 11.3 Å². The molecule has 0 amide bonds. The summed E-state index contributed by atoms with van der Waals surface area (Å²) >= 11 is 12.3. The number of hydrogen-bond donors (Lipinski definition) is 1. The highest BCUT2D eigenvalue weighted by molar-refractivity contribution is 6.35. The van der Waals surface area contributed by atoms with E-state index in [1.54, 1.807) is 18.2 Å². The van der Waals surface area contributed by atoms with E-state index in [1.165, 1.54) is 0 Å². The van der Waals surface area contributed by atoms with Crippen LogP contribution in [-0.2, 0) is 9.53 Å². The van der Waals surface area contributed by atoms with Crippen LogP contribution in [-0.4, -0.2) is 11.7 Å². The van der Waals surface area contributed by atoms with Crippen LogP contribution < -0.4 is 0 Å². The zero-order chi connectivity index (χ0) is 17.6. The van der Waals surface area contributed by atoms with Gasteiger partial charge in [0.2, 0.25) is 5.90 Å². The SMILES string of the molecule is CC1(C)CC(=O)C2=C(C1)OC(=N)C(C#N)C2c1ccc(Cl)cc1Cl. The molecule has 0 fully saturated rings. The van der Waals surface area contributed by atoms with Gasteiger partial charge in [0.05, 0.1) is 6.07 Å². The highest BCUT2D eigenvalue weighted by atomic mass is 35.5. The van der Waals surface area contributed by atoms with Gasteiger partial charge in [-0.1, -0.05) is 43.1 Å². The second kappa shape index (κ2) is 5.91. The van der Waals surface area contributed by atoms with E-state index in [9.17, 15) is 10.1 Å². The molecule has 3 rings (SSSR count). The van der Waals surface area contributed by atoms with Crippen molar-refractivity contribution in [3.63, 3.8) is 0 Å². The minimum atomic E-state index is -0.882. The molecule has 6 heteroatoms. The Labute approximate surface area is 150 Å². The molecule has 0 saturated carbocycles. The van der Waals surface area contributed by atoms with Gasteiger partial charge in [-0.05, 0) is 23.1 Å². The fourth-order valence-corrected chi connectivity index (χ4v) is 3.98. The number of nitrogens with zero attached hydrogens (tertiary/aromatic N) is 1. The molecule has 1 heterocycles. The van der Waals surface area contributed by atoms with Gasteiger partial charge in [-0.15, -0.1) is 0 Å². The first kappa shape index (κ1) is 17.0. The molecule has 24 heavy (non-hydrogen) atoms. The van der Waals surface area contributed by atoms with Crippen molar-refractivity contribution in [3.8, 4) is 6.07 Å². The Hall–Kier alpha value is -1.83. The zero-order valence-corrected chi connectivity index (χ0v) is 14.8. The summed E-state index contributed by atoms with van der Waals surface area (Å²) in [5.74, 6) is -1.18. The lowest BCUT2D eigenvalue weighted by Crippen LogP contribution is -2.38. The number of carbonyl (C=O) groups excluding carboxylic acids is 1. The highest BCUT2D eigenvalue weighted by Crippen LogP contribution is 2.49. The number of Topliss-reactive ketones (excluding diaryl/α,β-unsaturated/α-hetero) is 1. The number of ketones is 1. The van der Waals surface area contributed by atoms with Crippen LogP contribution in [0.25, 0.3) is 0 Å². The Morgan fingerprint density at radius 3 is 2.67 bits per heavy atom. The average Bonchev–Trinajstić information content (AvgIpc) is 2.44. The average molecular weight is 363 g/mol. The molecule has 0 radical (unpaired) electrons. The molecule has 1 aliphatic carbocycles. The Bertz CT molecular complexity index is 821. The summed E-state index contributed by atoms with van der Waals surface area (Å²) in [6, 6.07) is 7.07. The van der Waals surface area contributed by atoms with E-state index in [4.69, 9.17) is 33.3 Å². The van der Waals surface area contributed by atoms with E-state index in [0.717, 1.165) is 0 Å². The number of ether oxygens (including phenoxy) is 1. The monoisotopic (exact) mass is 362 g/mol. The smallest absolute Gasteiger partial charge is 0.205 e. The molecule has 4 nitrogen and oxygen atoms in total. The summed E-state index contributed by atoms with van der Waals surface area (Å²) in [5.41, 5.74) is 0.867. The molecule has 0 bridgehead atoms. The van der Waals surface area contributed by atoms with Gasteiger partial charge in [-0.25, -0.2) is 0 Å². The van der Waals surface area contributed by atoms with Gasteiger partial charge in [0.25, 0.3) is 0 Å². The first-order valence-electron chi connectivity index (χ1n) is 7.60. The topological polar surface area (TPSA) is 73.9 Å². The minimum Gasteiger partial charge on any atom is -0.446 e. The van der Waals surface area contributed by atoms with E-state index in [0.29, 0.717) is 39.8 Å². The summed E-state index contributed by atoms with van der Waals surface area (Å²) < 4.78 is 5.57. The Balaban J connectivity index is 2.21. The van der Waals surface area contributed by atoms with E-state index in [1.807, 2.05) is 13.8 Å². The van der Waals surface area contributed by atoms with Crippen LogP contribution >= 0.6 is 23.2 Å². The van der Waals surface area contributed by atoms with Crippen molar-refractivity contribution < 1.29 is 9.53 Å². The first-order valence-corrected chi connectivity index (χ1v) is 8.36. The standard InChI is InChI=1S/C18H16Cl2N2O2/c1-18(2)6-13(23)16-14(7-18)24-17(22)11(8-21)15(16)10-4-3-9(19)5-12(10)20/h3-5,11,15,22H,6-7H2,1-2H3. The minimum absolute atomic E-state index is 0.0509. The molecule has 1 aromatic carbocycles. The van der Waals surface area contributed by atoms with Crippen LogP contribution in [0, 0.1) is 28.1 Å². The molecule has 1 aliphatic heterocycles.